The zero-order valence-electron chi connectivity index (χ0n) is 12.8. The second-order valence-electron chi connectivity index (χ2n) is 4.23. The van der Waals surface area contributed by atoms with Crippen molar-refractivity contribution in [3.8, 4) is 0 Å². The highest BCUT2D eigenvalue weighted by Crippen LogP contribution is 2.04. The minimum atomic E-state index is -0.144. The molecule has 0 fully saturated rings. The number of benzene rings is 1. The third kappa shape index (κ3) is 7.43. The number of rotatable bonds is 7. The van der Waals surface area contributed by atoms with Gasteiger partial charge < -0.3 is 22.1 Å². The number of hydrogen-bond acceptors (Lipinski definition) is 4. The normalized spacial score (nSPS) is 9.33. The van der Waals surface area contributed by atoms with E-state index < -0.39 is 0 Å². The molecule has 0 heterocycles. The molecule has 0 aliphatic carbocycles. The Morgan fingerprint density at radius 2 is 1.38 bits per heavy atom. The largest absolute Gasteiger partial charge is 0.352 e. The second-order valence-corrected chi connectivity index (χ2v) is 4.23. The van der Waals surface area contributed by atoms with Crippen molar-refractivity contribution in [2.75, 3.05) is 26.7 Å². The molecule has 0 atom stereocenters. The Hall–Kier alpha value is -1.92. The van der Waals surface area contributed by atoms with E-state index in [-0.39, 0.29) is 11.8 Å². The summed E-state index contributed by atoms with van der Waals surface area (Å²) in [5, 5.41) is 5.55. The van der Waals surface area contributed by atoms with Crippen molar-refractivity contribution in [2.24, 2.45) is 11.5 Å². The van der Waals surface area contributed by atoms with E-state index in [0.29, 0.717) is 30.8 Å². The average molecular weight is 294 g/mol. The van der Waals surface area contributed by atoms with E-state index >= 15 is 0 Å². The number of carbonyl (C=O) groups excluding carboxylic acids is 2. The molecule has 6 N–H and O–H groups in total. The van der Waals surface area contributed by atoms with Crippen LogP contribution in [-0.4, -0.2) is 38.5 Å². The van der Waals surface area contributed by atoms with Crippen molar-refractivity contribution in [1.29, 1.82) is 0 Å². The molecule has 1 aromatic carbocycles. The van der Waals surface area contributed by atoms with Gasteiger partial charge in [0.15, 0.2) is 0 Å². The lowest BCUT2D eigenvalue weighted by molar-refractivity contribution is 0.0941. The van der Waals surface area contributed by atoms with Gasteiger partial charge in [-0.2, -0.15) is 0 Å². The van der Waals surface area contributed by atoms with Crippen molar-refractivity contribution in [3.05, 3.63) is 35.4 Å². The standard InChI is InChI=1S/C14H21N3O2.CH5N/c1-2-9-16-13(18)11-4-6-12(7-5-11)14(19)17-10-3-8-15;1-2/h4-7H,2-3,8-10,15H2,1H3,(H,16,18)(H,17,19);2H2,1H3. The molecule has 0 aliphatic rings. The van der Waals surface area contributed by atoms with Gasteiger partial charge in [-0.15, -0.1) is 0 Å². The first-order valence-electron chi connectivity index (χ1n) is 7.13. The predicted octanol–water partition coefficient (Wildman–Crippen LogP) is 0.480. The third-order valence-electron chi connectivity index (χ3n) is 2.61. The Balaban J connectivity index is 0.00000191. The van der Waals surface area contributed by atoms with E-state index in [0.717, 1.165) is 12.8 Å². The van der Waals surface area contributed by atoms with E-state index in [1.165, 1.54) is 7.05 Å². The Morgan fingerprint density at radius 1 is 0.952 bits per heavy atom. The minimum Gasteiger partial charge on any atom is -0.352 e. The van der Waals surface area contributed by atoms with E-state index in [9.17, 15) is 9.59 Å². The second kappa shape index (κ2) is 11.9. The van der Waals surface area contributed by atoms with Crippen LogP contribution in [0.25, 0.3) is 0 Å². The molecular formula is C15H26N4O2. The molecule has 1 aromatic rings. The smallest absolute Gasteiger partial charge is 0.251 e. The van der Waals surface area contributed by atoms with Gasteiger partial charge in [0.2, 0.25) is 0 Å². The highest BCUT2D eigenvalue weighted by atomic mass is 16.2. The maximum atomic E-state index is 11.7. The molecule has 0 spiro atoms. The van der Waals surface area contributed by atoms with Crippen molar-refractivity contribution in [1.82, 2.24) is 10.6 Å². The lowest BCUT2D eigenvalue weighted by atomic mass is 10.1. The van der Waals surface area contributed by atoms with Crippen LogP contribution in [0.3, 0.4) is 0 Å². The van der Waals surface area contributed by atoms with Gasteiger partial charge in [-0.1, -0.05) is 6.92 Å². The Morgan fingerprint density at radius 3 is 1.76 bits per heavy atom. The van der Waals surface area contributed by atoms with E-state index in [4.69, 9.17) is 5.73 Å². The van der Waals surface area contributed by atoms with Gasteiger partial charge in [0.25, 0.3) is 11.8 Å². The number of amides is 2. The van der Waals surface area contributed by atoms with Crippen molar-refractivity contribution >= 4 is 11.8 Å². The third-order valence-corrected chi connectivity index (χ3v) is 2.61. The predicted molar refractivity (Wildman–Crippen MR) is 85.2 cm³/mol. The summed E-state index contributed by atoms with van der Waals surface area (Å²) in [6.07, 6.45) is 1.65. The number of carbonyl (C=O) groups is 2. The number of nitrogens with two attached hydrogens (primary N) is 2. The molecule has 0 bridgehead atoms. The molecule has 0 radical (unpaired) electrons. The molecule has 6 heteroatoms. The Labute approximate surface area is 126 Å². The first-order chi connectivity index (χ1) is 10.2. The molecule has 2 amide bonds. The van der Waals surface area contributed by atoms with Gasteiger partial charge in [-0.3, -0.25) is 9.59 Å². The molecule has 0 saturated carbocycles. The van der Waals surface area contributed by atoms with Crippen LogP contribution in [0.2, 0.25) is 0 Å². The molecular weight excluding hydrogens is 268 g/mol. The van der Waals surface area contributed by atoms with Gasteiger partial charge in [0.1, 0.15) is 0 Å². The van der Waals surface area contributed by atoms with E-state index in [1.807, 2.05) is 6.92 Å². The Kier molecular flexibility index (Phi) is 10.8. The van der Waals surface area contributed by atoms with Crippen molar-refractivity contribution in [3.63, 3.8) is 0 Å². The van der Waals surface area contributed by atoms with Crippen LogP contribution in [0.5, 0.6) is 0 Å². The molecule has 0 saturated heterocycles. The van der Waals surface area contributed by atoms with Gasteiger partial charge >= 0.3 is 0 Å². The van der Waals surface area contributed by atoms with Crippen LogP contribution in [0.15, 0.2) is 24.3 Å². The highest BCUT2D eigenvalue weighted by molar-refractivity contribution is 5.97. The van der Waals surface area contributed by atoms with Gasteiger partial charge in [-0.25, -0.2) is 0 Å². The maximum absolute atomic E-state index is 11.7. The van der Waals surface area contributed by atoms with Crippen LogP contribution in [0.1, 0.15) is 40.5 Å². The Bertz CT molecular complexity index is 418. The molecule has 6 nitrogen and oxygen atoms in total. The average Bonchev–Trinajstić information content (AvgIpc) is 2.54. The van der Waals surface area contributed by atoms with Crippen LogP contribution in [0, 0.1) is 0 Å². The summed E-state index contributed by atoms with van der Waals surface area (Å²) in [5.41, 5.74) is 11.0. The molecule has 0 unspecified atom stereocenters. The summed E-state index contributed by atoms with van der Waals surface area (Å²) >= 11 is 0. The topological polar surface area (TPSA) is 110 Å². The number of nitrogens with one attached hydrogen (secondary N) is 2. The van der Waals surface area contributed by atoms with Gasteiger partial charge in [0.05, 0.1) is 0 Å². The van der Waals surface area contributed by atoms with E-state index in [1.54, 1.807) is 24.3 Å². The summed E-state index contributed by atoms with van der Waals surface area (Å²) in [4.78, 5) is 23.4. The highest BCUT2D eigenvalue weighted by Gasteiger charge is 2.07. The maximum Gasteiger partial charge on any atom is 0.251 e. The first kappa shape index (κ1) is 19.1. The quantitative estimate of drug-likeness (QED) is 0.548. The van der Waals surface area contributed by atoms with Crippen molar-refractivity contribution < 1.29 is 9.59 Å². The fourth-order valence-electron chi connectivity index (χ4n) is 1.52. The summed E-state index contributed by atoms with van der Waals surface area (Å²) in [5.74, 6) is -0.258. The summed E-state index contributed by atoms with van der Waals surface area (Å²) in [7, 11) is 1.50. The minimum absolute atomic E-state index is 0.114. The van der Waals surface area contributed by atoms with Crippen molar-refractivity contribution in [2.45, 2.75) is 19.8 Å². The van der Waals surface area contributed by atoms with Gasteiger partial charge in [0, 0.05) is 24.2 Å². The van der Waals surface area contributed by atoms with Gasteiger partial charge in [-0.05, 0) is 50.7 Å². The van der Waals surface area contributed by atoms with Crippen LogP contribution in [0.4, 0.5) is 0 Å². The fourth-order valence-corrected chi connectivity index (χ4v) is 1.52. The molecule has 1 rings (SSSR count). The lowest BCUT2D eigenvalue weighted by Gasteiger charge is -2.06. The fraction of sp³-hybridized carbons (Fsp3) is 0.467. The molecule has 0 aromatic heterocycles. The summed E-state index contributed by atoms with van der Waals surface area (Å²) in [6.45, 7) is 3.76. The summed E-state index contributed by atoms with van der Waals surface area (Å²) < 4.78 is 0. The summed E-state index contributed by atoms with van der Waals surface area (Å²) in [6, 6.07) is 6.61. The SMILES string of the molecule is CCCNC(=O)c1ccc(C(=O)NCCCN)cc1.CN. The molecule has 118 valence electrons. The van der Waals surface area contributed by atoms with Crippen LogP contribution < -0.4 is 22.1 Å². The first-order valence-corrected chi connectivity index (χ1v) is 7.13. The molecule has 21 heavy (non-hydrogen) atoms. The monoisotopic (exact) mass is 294 g/mol. The molecule has 0 aliphatic heterocycles. The van der Waals surface area contributed by atoms with Crippen LogP contribution >= 0.6 is 0 Å². The van der Waals surface area contributed by atoms with E-state index in [2.05, 4.69) is 16.4 Å². The lowest BCUT2D eigenvalue weighted by Crippen LogP contribution is -2.26. The zero-order chi connectivity index (χ0) is 16.1. The van der Waals surface area contributed by atoms with Crippen LogP contribution in [-0.2, 0) is 0 Å². The number of hydrogen-bond donors (Lipinski definition) is 4. The zero-order valence-corrected chi connectivity index (χ0v) is 12.8.